The van der Waals surface area contributed by atoms with Gasteiger partial charge in [-0.05, 0) is 18.8 Å². The van der Waals surface area contributed by atoms with Gasteiger partial charge in [0, 0.05) is 12.6 Å². The largest absolute Gasteiger partial charge is 0.378 e. The highest BCUT2D eigenvalue weighted by atomic mass is 16.5. The van der Waals surface area contributed by atoms with Crippen LogP contribution in [0.15, 0.2) is 0 Å². The molecule has 0 spiro atoms. The van der Waals surface area contributed by atoms with Gasteiger partial charge >= 0.3 is 0 Å². The molecule has 0 amide bonds. The van der Waals surface area contributed by atoms with Crippen LogP contribution in [0.5, 0.6) is 0 Å². The lowest BCUT2D eigenvalue weighted by Crippen LogP contribution is -2.37. The third kappa shape index (κ3) is 1.96. The third-order valence-corrected chi connectivity index (χ3v) is 2.10. The van der Waals surface area contributed by atoms with Crippen LogP contribution in [-0.4, -0.2) is 18.8 Å². The lowest BCUT2D eigenvalue weighted by molar-refractivity contribution is -0.0188. The van der Waals surface area contributed by atoms with Crippen molar-refractivity contribution in [3.8, 4) is 0 Å². The molecule has 0 aliphatic carbocycles. The Balaban J connectivity index is 2.32. The molecule has 2 nitrogen and oxygen atoms in total. The van der Waals surface area contributed by atoms with Crippen molar-refractivity contribution in [3.05, 3.63) is 0 Å². The summed E-state index contributed by atoms with van der Waals surface area (Å²) in [5.41, 5.74) is 5.78. The van der Waals surface area contributed by atoms with Crippen LogP contribution in [0.3, 0.4) is 0 Å². The molecule has 1 aliphatic rings. The van der Waals surface area contributed by atoms with Crippen LogP contribution in [-0.2, 0) is 4.74 Å². The van der Waals surface area contributed by atoms with Gasteiger partial charge in [-0.3, -0.25) is 0 Å². The molecular weight excluding hydrogens is 126 g/mol. The average molecular weight is 143 g/mol. The van der Waals surface area contributed by atoms with E-state index < -0.39 is 0 Å². The SMILES string of the molecule is CC(C)[C@H]1C[C@H](N)CCO1. The summed E-state index contributed by atoms with van der Waals surface area (Å²) in [5.74, 6) is 0.617. The molecule has 2 N–H and O–H groups in total. The fraction of sp³-hybridized carbons (Fsp3) is 1.00. The molecule has 2 atom stereocenters. The van der Waals surface area contributed by atoms with E-state index in [4.69, 9.17) is 10.5 Å². The van der Waals surface area contributed by atoms with Gasteiger partial charge in [-0.15, -0.1) is 0 Å². The summed E-state index contributed by atoms with van der Waals surface area (Å²) in [5, 5.41) is 0. The highest BCUT2D eigenvalue weighted by molar-refractivity contribution is 4.75. The molecule has 1 saturated heterocycles. The van der Waals surface area contributed by atoms with Crippen molar-refractivity contribution in [2.75, 3.05) is 6.61 Å². The van der Waals surface area contributed by atoms with Crippen molar-refractivity contribution in [3.63, 3.8) is 0 Å². The molecule has 60 valence electrons. The van der Waals surface area contributed by atoms with Gasteiger partial charge in [0.15, 0.2) is 0 Å². The Kier molecular flexibility index (Phi) is 2.69. The van der Waals surface area contributed by atoms with E-state index >= 15 is 0 Å². The fourth-order valence-corrected chi connectivity index (χ4v) is 1.32. The Hall–Kier alpha value is -0.0800. The Morgan fingerprint density at radius 3 is 2.60 bits per heavy atom. The smallest absolute Gasteiger partial charge is 0.0612 e. The normalized spacial score (nSPS) is 34.8. The summed E-state index contributed by atoms with van der Waals surface area (Å²) in [6.07, 6.45) is 2.48. The van der Waals surface area contributed by atoms with Crippen LogP contribution in [0.25, 0.3) is 0 Å². The number of hydrogen-bond donors (Lipinski definition) is 1. The molecule has 1 fully saturated rings. The lowest BCUT2D eigenvalue weighted by Gasteiger charge is -2.29. The van der Waals surface area contributed by atoms with Crippen LogP contribution in [0.1, 0.15) is 26.7 Å². The molecule has 0 aromatic carbocycles. The second-order valence-electron chi connectivity index (χ2n) is 3.44. The second kappa shape index (κ2) is 3.35. The minimum atomic E-state index is 0.376. The van der Waals surface area contributed by atoms with Gasteiger partial charge in [-0.1, -0.05) is 13.8 Å². The lowest BCUT2D eigenvalue weighted by atomic mass is 9.96. The summed E-state index contributed by atoms with van der Waals surface area (Å²) in [7, 11) is 0. The fourth-order valence-electron chi connectivity index (χ4n) is 1.32. The Bertz CT molecular complexity index is 103. The quantitative estimate of drug-likeness (QED) is 0.597. The van der Waals surface area contributed by atoms with Crippen molar-refractivity contribution in [2.45, 2.75) is 38.8 Å². The summed E-state index contributed by atoms with van der Waals surface area (Å²) >= 11 is 0. The van der Waals surface area contributed by atoms with E-state index in [1.165, 1.54) is 0 Å². The first-order chi connectivity index (χ1) is 4.70. The van der Waals surface area contributed by atoms with Crippen LogP contribution in [0.4, 0.5) is 0 Å². The number of hydrogen-bond acceptors (Lipinski definition) is 2. The number of nitrogens with two attached hydrogens (primary N) is 1. The van der Waals surface area contributed by atoms with Crippen molar-refractivity contribution in [1.29, 1.82) is 0 Å². The van der Waals surface area contributed by atoms with Crippen molar-refractivity contribution in [2.24, 2.45) is 11.7 Å². The van der Waals surface area contributed by atoms with Gasteiger partial charge in [-0.2, -0.15) is 0 Å². The Labute approximate surface area is 62.7 Å². The van der Waals surface area contributed by atoms with E-state index in [-0.39, 0.29) is 0 Å². The first-order valence-electron chi connectivity index (χ1n) is 4.07. The summed E-state index contributed by atoms with van der Waals surface area (Å²) in [6, 6.07) is 0.376. The number of ether oxygens (including phenoxy) is 1. The Morgan fingerprint density at radius 2 is 2.20 bits per heavy atom. The van der Waals surface area contributed by atoms with Gasteiger partial charge in [0.05, 0.1) is 6.10 Å². The maximum atomic E-state index is 5.78. The highest BCUT2D eigenvalue weighted by Gasteiger charge is 2.21. The van der Waals surface area contributed by atoms with Crippen LogP contribution >= 0.6 is 0 Å². The van der Waals surface area contributed by atoms with E-state index in [2.05, 4.69) is 13.8 Å². The highest BCUT2D eigenvalue weighted by Crippen LogP contribution is 2.18. The van der Waals surface area contributed by atoms with Crippen LogP contribution in [0, 0.1) is 5.92 Å². The maximum Gasteiger partial charge on any atom is 0.0612 e. The van der Waals surface area contributed by atoms with E-state index in [0.717, 1.165) is 19.4 Å². The zero-order chi connectivity index (χ0) is 7.56. The molecule has 0 radical (unpaired) electrons. The molecule has 0 aromatic heterocycles. The van der Waals surface area contributed by atoms with Crippen molar-refractivity contribution >= 4 is 0 Å². The summed E-state index contributed by atoms with van der Waals surface area (Å²) < 4.78 is 5.53. The molecule has 1 rings (SSSR count). The standard InChI is InChI=1S/C8H17NO/c1-6(2)8-5-7(9)3-4-10-8/h6-8H,3-5,9H2,1-2H3/t7-,8-/m1/s1. The van der Waals surface area contributed by atoms with Crippen LogP contribution in [0.2, 0.25) is 0 Å². The predicted molar refractivity (Wildman–Crippen MR) is 41.8 cm³/mol. The minimum absolute atomic E-state index is 0.376. The first-order valence-corrected chi connectivity index (χ1v) is 4.07. The number of rotatable bonds is 1. The van der Waals surface area contributed by atoms with Gasteiger partial charge in [0.25, 0.3) is 0 Å². The van der Waals surface area contributed by atoms with E-state index in [9.17, 15) is 0 Å². The third-order valence-electron chi connectivity index (χ3n) is 2.10. The molecule has 1 heterocycles. The molecule has 1 aliphatic heterocycles. The molecule has 0 saturated carbocycles. The molecule has 0 bridgehead atoms. The minimum Gasteiger partial charge on any atom is -0.378 e. The van der Waals surface area contributed by atoms with Gasteiger partial charge in [0.1, 0.15) is 0 Å². The molecule has 2 heteroatoms. The van der Waals surface area contributed by atoms with Crippen molar-refractivity contribution in [1.82, 2.24) is 0 Å². The van der Waals surface area contributed by atoms with E-state index in [1.54, 1.807) is 0 Å². The molecule has 0 unspecified atom stereocenters. The van der Waals surface area contributed by atoms with Gasteiger partial charge in [0.2, 0.25) is 0 Å². The van der Waals surface area contributed by atoms with Crippen molar-refractivity contribution < 1.29 is 4.74 Å². The summed E-state index contributed by atoms with van der Waals surface area (Å²) in [6.45, 7) is 5.22. The molecular formula is C8H17NO. The van der Waals surface area contributed by atoms with E-state index in [0.29, 0.717) is 18.1 Å². The van der Waals surface area contributed by atoms with E-state index in [1.807, 2.05) is 0 Å². The molecule has 10 heavy (non-hydrogen) atoms. The molecule has 0 aromatic rings. The van der Waals surface area contributed by atoms with Crippen LogP contribution < -0.4 is 5.73 Å². The summed E-state index contributed by atoms with van der Waals surface area (Å²) in [4.78, 5) is 0. The Morgan fingerprint density at radius 1 is 1.50 bits per heavy atom. The van der Waals surface area contributed by atoms with Gasteiger partial charge in [-0.25, -0.2) is 0 Å². The predicted octanol–water partition coefficient (Wildman–Crippen LogP) is 1.15. The average Bonchev–Trinajstić information content (AvgIpc) is 1.88. The van der Waals surface area contributed by atoms with Gasteiger partial charge < -0.3 is 10.5 Å². The topological polar surface area (TPSA) is 35.2 Å². The zero-order valence-electron chi connectivity index (χ0n) is 6.84. The second-order valence-corrected chi connectivity index (χ2v) is 3.44. The zero-order valence-corrected chi connectivity index (χ0v) is 6.84. The maximum absolute atomic E-state index is 5.78. The first kappa shape index (κ1) is 8.02. The monoisotopic (exact) mass is 143 g/mol.